The van der Waals surface area contributed by atoms with Gasteiger partial charge in [-0.3, -0.25) is 0 Å². The zero-order valence-corrected chi connectivity index (χ0v) is 13.4. The molecule has 0 aliphatic rings. The Morgan fingerprint density at radius 1 is 1.28 bits per heavy atom. The van der Waals surface area contributed by atoms with E-state index in [9.17, 15) is 0 Å². The second-order valence-corrected chi connectivity index (χ2v) is 6.12. The molecule has 0 fully saturated rings. The van der Waals surface area contributed by atoms with Crippen LogP contribution in [0.15, 0.2) is 29.6 Å². The van der Waals surface area contributed by atoms with Gasteiger partial charge >= 0.3 is 0 Å². The molecule has 1 heterocycles. The molecule has 0 spiro atoms. The van der Waals surface area contributed by atoms with Crippen molar-refractivity contribution < 1.29 is 4.74 Å². The van der Waals surface area contributed by atoms with Crippen LogP contribution in [-0.2, 0) is 11.8 Å². The van der Waals surface area contributed by atoms with E-state index in [1.54, 1.807) is 17.4 Å². The third-order valence-electron chi connectivity index (χ3n) is 2.40. The topological polar surface area (TPSA) is 9.23 Å². The van der Waals surface area contributed by atoms with Crippen LogP contribution >= 0.6 is 50.5 Å². The van der Waals surface area contributed by atoms with Crippen LogP contribution in [0.2, 0.25) is 10.0 Å². The standard InChI is InChI=1S/C13H11BrCl2OS/c14-8-9-6-10(15)7-12(16)13(9)17-4-3-11-2-1-5-18-11/h1-2,5-7H,3-4,8H2. The van der Waals surface area contributed by atoms with Crippen LogP contribution in [0.4, 0.5) is 0 Å². The van der Waals surface area contributed by atoms with Crippen molar-refractivity contribution in [3.63, 3.8) is 0 Å². The van der Waals surface area contributed by atoms with E-state index in [2.05, 4.69) is 27.4 Å². The average molecular weight is 366 g/mol. The number of alkyl halides is 1. The van der Waals surface area contributed by atoms with Crippen molar-refractivity contribution in [3.8, 4) is 5.75 Å². The summed E-state index contributed by atoms with van der Waals surface area (Å²) in [6, 6.07) is 7.71. The molecule has 0 saturated heterocycles. The first kappa shape index (κ1) is 14.2. The molecule has 1 aromatic carbocycles. The van der Waals surface area contributed by atoms with Crippen molar-refractivity contribution in [2.24, 2.45) is 0 Å². The van der Waals surface area contributed by atoms with Crippen LogP contribution in [0.3, 0.4) is 0 Å². The molecule has 0 N–H and O–H groups in total. The van der Waals surface area contributed by atoms with Gasteiger partial charge in [0, 0.05) is 27.2 Å². The van der Waals surface area contributed by atoms with Crippen molar-refractivity contribution in [1.29, 1.82) is 0 Å². The Hall–Kier alpha value is -0.220. The van der Waals surface area contributed by atoms with Gasteiger partial charge in [-0.15, -0.1) is 11.3 Å². The quantitative estimate of drug-likeness (QED) is 0.629. The predicted octanol–water partition coefficient (Wildman–Crippen LogP) is 5.57. The van der Waals surface area contributed by atoms with E-state index in [-0.39, 0.29) is 0 Å². The minimum absolute atomic E-state index is 0.558. The summed E-state index contributed by atoms with van der Waals surface area (Å²) in [5, 5.41) is 3.92. The Labute approximate surface area is 129 Å². The van der Waals surface area contributed by atoms with Crippen LogP contribution in [-0.4, -0.2) is 6.61 Å². The molecule has 0 aliphatic carbocycles. The highest BCUT2D eigenvalue weighted by molar-refractivity contribution is 9.08. The van der Waals surface area contributed by atoms with Gasteiger partial charge in [0.15, 0.2) is 0 Å². The minimum Gasteiger partial charge on any atom is -0.491 e. The van der Waals surface area contributed by atoms with Crippen LogP contribution in [0, 0.1) is 0 Å². The number of hydrogen-bond acceptors (Lipinski definition) is 2. The van der Waals surface area contributed by atoms with Gasteiger partial charge in [0.1, 0.15) is 5.75 Å². The van der Waals surface area contributed by atoms with Crippen molar-refractivity contribution in [2.45, 2.75) is 11.8 Å². The minimum atomic E-state index is 0.558. The molecule has 0 unspecified atom stereocenters. The Morgan fingerprint density at radius 3 is 2.78 bits per heavy atom. The molecule has 18 heavy (non-hydrogen) atoms. The molecule has 0 aliphatic heterocycles. The van der Waals surface area contributed by atoms with E-state index < -0.39 is 0 Å². The Bertz CT molecular complexity index is 514. The molecule has 2 rings (SSSR count). The first-order valence-electron chi connectivity index (χ1n) is 5.40. The normalized spacial score (nSPS) is 10.6. The smallest absolute Gasteiger partial charge is 0.142 e. The van der Waals surface area contributed by atoms with Gasteiger partial charge in [0.05, 0.1) is 11.6 Å². The summed E-state index contributed by atoms with van der Waals surface area (Å²) >= 11 is 17.2. The highest BCUT2D eigenvalue weighted by Gasteiger charge is 2.10. The molecule has 2 aromatic rings. The largest absolute Gasteiger partial charge is 0.491 e. The number of ether oxygens (including phenoxy) is 1. The molecular weight excluding hydrogens is 355 g/mol. The molecule has 0 amide bonds. The number of halogens is 3. The first-order valence-corrected chi connectivity index (χ1v) is 8.15. The maximum absolute atomic E-state index is 6.15. The molecule has 0 atom stereocenters. The summed E-state index contributed by atoms with van der Waals surface area (Å²) in [4.78, 5) is 1.31. The molecule has 1 nitrogen and oxygen atoms in total. The van der Waals surface area contributed by atoms with Crippen molar-refractivity contribution in [2.75, 3.05) is 6.61 Å². The summed E-state index contributed by atoms with van der Waals surface area (Å²) in [6.45, 7) is 0.613. The molecule has 5 heteroatoms. The maximum atomic E-state index is 6.15. The second-order valence-electron chi connectivity index (χ2n) is 3.69. The van der Waals surface area contributed by atoms with E-state index in [0.29, 0.717) is 22.0 Å². The highest BCUT2D eigenvalue weighted by atomic mass is 79.9. The van der Waals surface area contributed by atoms with Crippen LogP contribution < -0.4 is 4.74 Å². The summed E-state index contributed by atoms with van der Waals surface area (Å²) in [5.41, 5.74) is 0.971. The van der Waals surface area contributed by atoms with E-state index >= 15 is 0 Å². The number of thiophene rings is 1. The van der Waals surface area contributed by atoms with Gasteiger partial charge in [-0.1, -0.05) is 45.2 Å². The molecule has 96 valence electrons. The number of rotatable bonds is 5. The lowest BCUT2D eigenvalue weighted by atomic mass is 10.2. The van der Waals surface area contributed by atoms with E-state index in [1.165, 1.54) is 4.88 Å². The fourth-order valence-electron chi connectivity index (χ4n) is 1.58. The molecular formula is C13H11BrCl2OS. The van der Waals surface area contributed by atoms with Crippen LogP contribution in [0.5, 0.6) is 5.75 Å². The summed E-state index contributed by atoms with van der Waals surface area (Å²) in [7, 11) is 0. The summed E-state index contributed by atoms with van der Waals surface area (Å²) in [6.07, 6.45) is 0.887. The van der Waals surface area contributed by atoms with Crippen molar-refractivity contribution in [3.05, 3.63) is 50.1 Å². The molecule has 0 bridgehead atoms. The average Bonchev–Trinajstić information content (AvgIpc) is 2.84. The third kappa shape index (κ3) is 3.64. The van der Waals surface area contributed by atoms with Gasteiger partial charge < -0.3 is 4.74 Å². The number of benzene rings is 1. The lowest BCUT2D eigenvalue weighted by molar-refractivity contribution is 0.321. The van der Waals surface area contributed by atoms with Gasteiger partial charge in [0.25, 0.3) is 0 Å². The zero-order chi connectivity index (χ0) is 13.0. The van der Waals surface area contributed by atoms with E-state index in [0.717, 1.165) is 17.7 Å². The first-order chi connectivity index (χ1) is 8.70. The van der Waals surface area contributed by atoms with Gasteiger partial charge in [-0.2, -0.15) is 0 Å². The Morgan fingerprint density at radius 2 is 2.11 bits per heavy atom. The monoisotopic (exact) mass is 364 g/mol. The predicted molar refractivity (Wildman–Crippen MR) is 82.6 cm³/mol. The van der Waals surface area contributed by atoms with Crippen LogP contribution in [0.1, 0.15) is 10.4 Å². The zero-order valence-electron chi connectivity index (χ0n) is 9.46. The van der Waals surface area contributed by atoms with Crippen LogP contribution in [0.25, 0.3) is 0 Å². The Kier molecular flexibility index (Phi) is 5.37. The fourth-order valence-corrected chi connectivity index (χ4v) is 3.28. The lowest BCUT2D eigenvalue weighted by Crippen LogP contribution is -2.02. The van der Waals surface area contributed by atoms with Gasteiger partial charge in [-0.05, 0) is 23.6 Å². The van der Waals surface area contributed by atoms with E-state index in [1.807, 2.05) is 12.1 Å². The van der Waals surface area contributed by atoms with Gasteiger partial charge in [0.2, 0.25) is 0 Å². The van der Waals surface area contributed by atoms with Gasteiger partial charge in [-0.25, -0.2) is 0 Å². The summed E-state index contributed by atoms with van der Waals surface area (Å²) < 4.78 is 5.77. The van der Waals surface area contributed by atoms with Crippen molar-refractivity contribution in [1.82, 2.24) is 0 Å². The maximum Gasteiger partial charge on any atom is 0.142 e. The second kappa shape index (κ2) is 6.80. The lowest BCUT2D eigenvalue weighted by Gasteiger charge is -2.12. The number of hydrogen-bond donors (Lipinski definition) is 0. The molecule has 0 radical (unpaired) electrons. The van der Waals surface area contributed by atoms with Crippen molar-refractivity contribution >= 4 is 50.5 Å². The highest BCUT2D eigenvalue weighted by Crippen LogP contribution is 2.33. The Balaban J connectivity index is 2.04. The third-order valence-corrected chi connectivity index (χ3v) is 4.44. The molecule has 1 aromatic heterocycles. The SMILES string of the molecule is Clc1cc(Cl)c(OCCc2cccs2)c(CBr)c1. The van der Waals surface area contributed by atoms with E-state index in [4.69, 9.17) is 27.9 Å². The molecule has 0 saturated carbocycles. The summed E-state index contributed by atoms with van der Waals surface area (Å²) in [5.74, 6) is 0.717. The fraction of sp³-hybridized carbons (Fsp3) is 0.231.